The summed E-state index contributed by atoms with van der Waals surface area (Å²) in [5.41, 5.74) is 0.813. The monoisotopic (exact) mass is 433 g/mol. The first-order valence-corrected chi connectivity index (χ1v) is 9.90. The van der Waals surface area contributed by atoms with Gasteiger partial charge in [-0.15, -0.1) is 15.3 Å². The molecule has 0 aliphatic rings. The summed E-state index contributed by atoms with van der Waals surface area (Å²) in [4.78, 5) is 4.37. The number of benzene rings is 2. The van der Waals surface area contributed by atoms with Crippen LogP contribution in [0.4, 0.5) is 0 Å². The van der Waals surface area contributed by atoms with Crippen molar-refractivity contribution in [2.45, 2.75) is 17.5 Å². The highest BCUT2D eigenvalue weighted by Gasteiger charge is 2.11. The van der Waals surface area contributed by atoms with Gasteiger partial charge in [0.05, 0.1) is 5.75 Å². The second-order valence-electron chi connectivity index (χ2n) is 5.60. The lowest BCUT2D eigenvalue weighted by Gasteiger charge is -2.02. The molecule has 2 aromatic carbocycles. The van der Waals surface area contributed by atoms with E-state index < -0.39 is 0 Å². The molecule has 0 saturated carbocycles. The summed E-state index contributed by atoms with van der Waals surface area (Å²) in [6.07, 6.45) is 0. The van der Waals surface area contributed by atoms with Crippen LogP contribution >= 0.6 is 35.0 Å². The lowest BCUT2D eigenvalue weighted by atomic mass is 10.2. The molecule has 2 aromatic heterocycles. The molecule has 10 heteroatoms. The highest BCUT2D eigenvalue weighted by Crippen LogP contribution is 2.24. The molecular formula is C18H13Cl2N5O2S. The van der Waals surface area contributed by atoms with Crippen LogP contribution in [-0.4, -0.2) is 25.4 Å². The number of nitrogens with zero attached hydrogens (tertiary/aromatic N) is 4. The van der Waals surface area contributed by atoms with Crippen LogP contribution in [0.2, 0.25) is 10.0 Å². The van der Waals surface area contributed by atoms with Gasteiger partial charge in [-0.25, -0.2) is 4.98 Å². The number of halogens is 2. The van der Waals surface area contributed by atoms with Crippen molar-refractivity contribution >= 4 is 35.0 Å². The first-order valence-electron chi connectivity index (χ1n) is 8.16. The number of hydrogen-bond acceptors (Lipinski definition) is 7. The number of hydrogen-bond donors (Lipinski definition) is 1. The molecule has 0 fully saturated rings. The van der Waals surface area contributed by atoms with Gasteiger partial charge in [-0.2, -0.15) is 0 Å². The van der Waals surface area contributed by atoms with Crippen LogP contribution in [0.1, 0.15) is 11.7 Å². The number of nitrogens with one attached hydrogen (secondary N) is 1. The standard InChI is InChI=1S/C18H13Cl2N5O2S/c19-12-3-1-11(2-4-12)17-24-23-16(27-17)10-28-18-21-15(22-25-18)9-26-14-7-5-13(20)6-8-14/h1-8H,9-10H2,(H,21,22,25). The Morgan fingerprint density at radius 2 is 1.68 bits per heavy atom. The molecule has 1 N–H and O–H groups in total. The summed E-state index contributed by atoms with van der Waals surface area (Å²) in [5, 5.41) is 17.0. The maximum absolute atomic E-state index is 5.89. The number of aromatic nitrogens is 5. The molecule has 0 saturated heterocycles. The van der Waals surface area contributed by atoms with Crippen LogP contribution < -0.4 is 4.74 Å². The SMILES string of the molecule is Clc1ccc(OCc2nc(SCc3nnc(-c4ccc(Cl)cc4)o3)n[nH]2)cc1. The number of aromatic amines is 1. The molecule has 4 rings (SSSR count). The zero-order valence-corrected chi connectivity index (χ0v) is 16.6. The largest absolute Gasteiger partial charge is 0.486 e. The van der Waals surface area contributed by atoms with Gasteiger partial charge in [0.15, 0.2) is 5.82 Å². The minimum atomic E-state index is 0.274. The van der Waals surface area contributed by atoms with Crippen molar-refractivity contribution < 1.29 is 9.15 Å². The summed E-state index contributed by atoms with van der Waals surface area (Å²) in [6, 6.07) is 14.3. The molecule has 28 heavy (non-hydrogen) atoms. The summed E-state index contributed by atoms with van der Waals surface area (Å²) >= 11 is 13.1. The van der Waals surface area contributed by atoms with Gasteiger partial charge in [0.2, 0.25) is 16.9 Å². The number of rotatable bonds is 7. The fraction of sp³-hybridized carbons (Fsp3) is 0.111. The molecule has 0 amide bonds. The zero-order valence-electron chi connectivity index (χ0n) is 14.3. The second kappa shape index (κ2) is 8.64. The van der Waals surface area contributed by atoms with Crippen molar-refractivity contribution in [3.63, 3.8) is 0 Å². The van der Waals surface area contributed by atoms with Crippen molar-refractivity contribution in [3.8, 4) is 17.2 Å². The Labute approximate surface area is 174 Å². The van der Waals surface area contributed by atoms with Crippen molar-refractivity contribution in [2.24, 2.45) is 0 Å². The third-order valence-electron chi connectivity index (χ3n) is 3.58. The summed E-state index contributed by atoms with van der Waals surface area (Å²) in [5.74, 6) is 2.70. The smallest absolute Gasteiger partial charge is 0.247 e. The highest BCUT2D eigenvalue weighted by atomic mass is 35.5. The zero-order chi connectivity index (χ0) is 19.3. The van der Waals surface area contributed by atoms with E-state index in [-0.39, 0.29) is 6.61 Å². The maximum Gasteiger partial charge on any atom is 0.247 e. The van der Waals surface area contributed by atoms with Crippen LogP contribution in [0.5, 0.6) is 5.75 Å². The van der Waals surface area contributed by atoms with Crippen molar-refractivity contribution in [1.82, 2.24) is 25.4 Å². The van der Waals surface area contributed by atoms with Crippen molar-refractivity contribution in [3.05, 3.63) is 70.3 Å². The predicted octanol–water partition coefficient (Wildman–Crippen LogP) is 5.03. The Kier molecular flexibility index (Phi) is 5.80. The van der Waals surface area contributed by atoms with E-state index in [4.69, 9.17) is 32.4 Å². The normalized spacial score (nSPS) is 10.9. The number of ether oxygens (including phenoxy) is 1. The molecule has 0 radical (unpaired) electrons. The third-order valence-corrected chi connectivity index (χ3v) is 4.92. The lowest BCUT2D eigenvalue weighted by molar-refractivity contribution is 0.296. The first kappa shape index (κ1) is 18.8. The van der Waals surface area contributed by atoms with E-state index in [0.29, 0.717) is 44.3 Å². The summed E-state index contributed by atoms with van der Waals surface area (Å²) in [6.45, 7) is 0.274. The van der Waals surface area contributed by atoms with Crippen molar-refractivity contribution in [1.29, 1.82) is 0 Å². The minimum absolute atomic E-state index is 0.274. The maximum atomic E-state index is 5.89. The average Bonchev–Trinajstić information content (AvgIpc) is 3.36. The Hall–Kier alpha value is -2.55. The molecule has 2 heterocycles. The van der Waals surface area contributed by atoms with Gasteiger partial charge >= 0.3 is 0 Å². The van der Waals surface area contributed by atoms with Gasteiger partial charge in [0.1, 0.15) is 12.4 Å². The van der Waals surface area contributed by atoms with Crippen LogP contribution in [-0.2, 0) is 12.4 Å². The number of H-pyrrole nitrogens is 1. The third kappa shape index (κ3) is 4.83. The molecule has 142 valence electrons. The van der Waals surface area contributed by atoms with Gasteiger partial charge in [0.25, 0.3) is 0 Å². The molecular weight excluding hydrogens is 421 g/mol. The van der Waals surface area contributed by atoms with Crippen LogP contribution in [0.3, 0.4) is 0 Å². The van der Waals surface area contributed by atoms with Crippen LogP contribution in [0.15, 0.2) is 58.1 Å². The van der Waals surface area contributed by atoms with E-state index in [2.05, 4.69) is 25.4 Å². The van der Waals surface area contributed by atoms with E-state index in [9.17, 15) is 0 Å². The second-order valence-corrected chi connectivity index (χ2v) is 7.42. The fourth-order valence-corrected chi connectivity index (χ4v) is 3.14. The predicted molar refractivity (Wildman–Crippen MR) is 106 cm³/mol. The Morgan fingerprint density at radius 1 is 0.964 bits per heavy atom. The Morgan fingerprint density at radius 3 is 2.43 bits per heavy atom. The molecule has 7 nitrogen and oxygen atoms in total. The fourth-order valence-electron chi connectivity index (χ4n) is 2.24. The van der Waals surface area contributed by atoms with E-state index in [1.807, 2.05) is 12.1 Å². The molecule has 0 aliphatic carbocycles. The van der Waals surface area contributed by atoms with Crippen LogP contribution in [0, 0.1) is 0 Å². The summed E-state index contributed by atoms with van der Waals surface area (Å²) in [7, 11) is 0. The Balaban J connectivity index is 1.31. The van der Waals surface area contributed by atoms with Gasteiger partial charge < -0.3 is 9.15 Å². The van der Waals surface area contributed by atoms with E-state index >= 15 is 0 Å². The van der Waals surface area contributed by atoms with E-state index in [1.54, 1.807) is 36.4 Å². The van der Waals surface area contributed by atoms with Crippen LogP contribution in [0.25, 0.3) is 11.5 Å². The summed E-state index contributed by atoms with van der Waals surface area (Å²) < 4.78 is 11.3. The molecule has 0 unspecified atom stereocenters. The topological polar surface area (TPSA) is 89.7 Å². The van der Waals surface area contributed by atoms with Gasteiger partial charge in [-0.1, -0.05) is 35.0 Å². The quantitative estimate of drug-likeness (QED) is 0.408. The highest BCUT2D eigenvalue weighted by molar-refractivity contribution is 7.98. The van der Waals surface area contributed by atoms with E-state index in [0.717, 1.165) is 5.56 Å². The average molecular weight is 434 g/mol. The minimum Gasteiger partial charge on any atom is -0.486 e. The van der Waals surface area contributed by atoms with Gasteiger partial charge in [0, 0.05) is 15.6 Å². The van der Waals surface area contributed by atoms with E-state index in [1.165, 1.54) is 11.8 Å². The molecule has 0 aliphatic heterocycles. The van der Waals surface area contributed by atoms with Gasteiger partial charge in [-0.05, 0) is 48.5 Å². The molecule has 4 aromatic rings. The molecule has 0 atom stereocenters. The first-order chi connectivity index (χ1) is 13.7. The molecule has 0 spiro atoms. The lowest BCUT2D eigenvalue weighted by Crippen LogP contribution is -1.97. The van der Waals surface area contributed by atoms with Gasteiger partial charge in [-0.3, -0.25) is 5.10 Å². The Bertz CT molecular complexity index is 1050. The van der Waals surface area contributed by atoms with Crippen molar-refractivity contribution in [2.75, 3.05) is 0 Å². The number of thioether (sulfide) groups is 1. The molecule has 0 bridgehead atoms.